The van der Waals surface area contributed by atoms with Gasteiger partial charge in [0.15, 0.2) is 0 Å². The van der Waals surface area contributed by atoms with Crippen LogP contribution in [0.2, 0.25) is 0 Å². The fourth-order valence-corrected chi connectivity index (χ4v) is 3.49. The summed E-state index contributed by atoms with van der Waals surface area (Å²) in [4.78, 5) is 0. The van der Waals surface area contributed by atoms with Gasteiger partial charge in [-0.2, -0.15) is 17.4 Å². The van der Waals surface area contributed by atoms with Gasteiger partial charge in [0.1, 0.15) is 5.75 Å². The Bertz CT molecular complexity index is 556. The van der Waals surface area contributed by atoms with Crippen molar-refractivity contribution in [3.05, 3.63) is 29.8 Å². The predicted octanol–water partition coefficient (Wildman–Crippen LogP) is 0.713. The minimum Gasteiger partial charge on any atom is -0.497 e. The zero-order valence-corrected chi connectivity index (χ0v) is 13.3. The molecule has 1 saturated heterocycles. The second kappa shape index (κ2) is 7.22. The monoisotopic (exact) mass is 313 g/mol. The van der Waals surface area contributed by atoms with Gasteiger partial charge < -0.3 is 10.1 Å². The van der Waals surface area contributed by atoms with Crippen molar-refractivity contribution in [2.75, 3.05) is 27.2 Å². The summed E-state index contributed by atoms with van der Waals surface area (Å²) in [5.74, 6) is 0.725. The molecule has 0 radical (unpaired) electrons. The molecule has 0 aliphatic carbocycles. The summed E-state index contributed by atoms with van der Waals surface area (Å²) in [6, 6.07) is 7.39. The molecule has 1 aliphatic rings. The van der Waals surface area contributed by atoms with E-state index in [1.807, 2.05) is 24.3 Å². The van der Waals surface area contributed by atoms with Gasteiger partial charge >= 0.3 is 0 Å². The lowest BCUT2D eigenvalue weighted by atomic mass is 10.1. The van der Waals surface area contributed by atoms with Gasteiger partial charge in [0.25, 0.3) is 10.2 Å². The van der Waals surface area contributed by atoms with Crippen molar-refractivity contribution < 1.29 is 13.2 Å². The molecule has 0 aromatic heterocycles. The molecule has 6 nitrogen and oxygen atoms in total. The highest BCUT2D eigenvalue weighted by Crippen LogP contribution is 2.15. The summed E-state index contributed by atoms with van der Waals surface area (Å²) >= 11 is 0. The number of piperidine rings is 1. The van der Waals surface area contributed by atoms with E-state index in [0.29, 0.717) is 13.1 Å². The van der Waals surface area contributed by atoms with E-state index < -0.39 is 10.2 Å². The summed E-state index contributed by atoms with van der Waals surface area (Å²) in [5, 5.41) is 3.20. The molecule has 118 valence electrons. The summed E-state index contributed by atoms with van der Waals surface area (Å²) in [7, 11) is -0.299. The second-order valence-electron chi connectivity index (χ2n) is 5.27. The molecule has 1 heterocycles. The first-order valence-corrected chi connectivity index (χ1v) is 8.52. The lowest BCUT2D eigenvalue weighted by Crippen LogP contribution is -2.49. The Kier molecular flexibility index (Phi) is 5.58. The third kappa shape index (κ3) is 4.67. The highest BCUT2D eigenvalue weighted by Gasteiger charge is 2.23. The summed E-state index contributed by atoms with van der Waals surface area (Å²) in [5.41, 5.74) is 0.893. The predicted molar refractivity (Wildman–Crippen MR) is 82.4 cm³/mol. The Labute approximate surface area is 126 Å². The minimum atomic E-state index is -3.48. The Morgan fingerprint density at radius 2 is 2.29 bits per heavy atom. The van der Waals surface area contributed by atoms with Crippen LogP contribution >= 0.6 is 0 Å². The fourth-order valence-electron chi connectivity index (χ4n) is 2.37. The van der Waals surface area contributed by atoms with Crippen molar-refractivity contribution in [2.24, 2.45) is 0 Å². The molecule has 7 heteroatoms. The molecular weight excluding hydrogens is 290 g/mol. The lowest BCUT2D eigenvalue weighted by Gasteiger charge is -2.26. The molecule has 0 unspecified atom stereocenters. The molecule has 0 spiro atoms. The zero-order valence-electron chi connectivity index (χ0n) is 12.5. The number of ether oxygens (including phenoxy) is 1. The van der Waals surface area contributed by atoms with E-state index in [9.17, 15) is 8.42 Å². The van der Waals surface area contributed by atoms with Crippen molar-refractivity contribution in [1.29, 1.82) is 0 Å². The number of nitrogens with one attached hydrogen (secondary N) is 2. The van der Waals surface area contributed by atoms with E-state index in [1.54, 1.807) is 14.2 Å². The van der Waals surface area contributed by atoms with E-state index in [1.165, 1.54) is 4.31 Å². The van der Waals surface area contributed by atoms with Gasteiger partial charge in [-0.3, -0.25) is 0 Å². The molecule has 1 atom stereocenters. The van der Waals surface area contributed by atoms with Crippen LogP contribution in [-0.2, 0) is 16.8 Å². The number of nitrogens with zero attached hydrogens (tertiary/aromatic N) is 1. The number of rotatable bonds is 6. The summed E-state index contributed by atoms with van der Waals surface area (Å²) < 4.78 is 33.9. The number of benzene rings is 1. The molecular formula is C14H23N3O3S. The molecule has 21 heavy (non-hydrogen) atoms. The van der Waals surface area contributed by atoms with Crippen molar-refractivity contribution in [3.63, 3.8) is 0 Å². The molecule has 0 bridgehead atoms. The van der Waals surface area contributed by atoms with Crippen molar-refractivity contribution in [3.8, 4) is 5.75 Å². The third-order valence-electron chi connectivity index (χ3n) is 3.56. The van der Waals surface area contributed by atoms with Crippen LogP contribution in [0.15, 0.2) is 24.3 Å². The average molecular weight is 313 g/mol. The first-order chi connectivity index (χ1) is 10.0. The van der Waals surface area contributed by atoms with E-state index in [2.05, 4.69) is 10.0 Å². The van der Waals surface area contributed by atoms with E-state index in [4.69, 9.17) is 4.74 Å². The highest BCUT2D eigenvalue weighted by molar-refractivity contribution is 7.87. The zero-order chi connectivity index (χ0) is 15.3. The van der Waals surface area contributed by atoms with E-state index in [-0.39, 0.29) is 6.04 Å². The standard InChI is InChI=1S/C14H23N3O3S/c1-17(11-12-5-3-7-14(9-12)20-2)21(18,19)16-13-6-4-8-15-10-13/h3,5,7,9,13,15-16H,4,6,8,10-11H2,1-2H3/t13-/m0/s1. The molecule has 1 aromatic rings. The van der Waals surface area contributed by atoms with Gasteiger partial charge in [-0.15, -0.1) is 0 Å². The largest absolute Gasteiger partial charge is 0.497 e. The second-order valence-corrected chi connectivity index (χ2v) is 7.08. The van der Waals surface area contributed by atoms with Crippen molar-refractivity contribution >= 4 is 10.2 Å². The molecule has 1 aliphatic heterocycles. The molecule has 1 aromatic carbocycles. The third-order valence-corrected chi connectivity index (χ3v) is 5.14. The maximum absolute atomic E-state index is 12.3. The smallest absolute Gasteiger partial charge is 0.279 e. The summed E-state index contributed by atoms with van der Waals surface area (Å²) in [6.07, 6.45) is 1.87. The van der Waals surface area contributed by atoms with Gasteiger partial charge in [-0.1, -0.05) is 12.1 Å². The summed E-state index contributed by atoms with van der Waals surface area (Å²) in [6.45, 7) is 1.96. The molecule has 2 rings (SSSR count). The Morgan fingerprint density at radius 1 is 1.48 bits per heavy atom. The quantitative estimate of drug-likeness (QED) is 0.811. The van der Waals surface area contributed by atoms with Crippen LogP contribution in [0.25, 0.3) is 0 Å². The van der Waals surface area contributed by atoms with Crippen LogP contribution < -0.4 is 14.8 Å². The van der Waals surface area contributed by atoms with Crippen LogP contribution in [0.5, 0.6) is 5.75 Å². The van der Waals surface area contributed by atoms with Gasteiger partial charge in [0, 0.05) is 26.2 Å². The molecule has 0 saturated carbocycles. The van der Waals surface area contributed by atoms with Gasteiger partial charge in [-0.05, 0) is 37.1 Å². The topological polar surface area (TPSA) is 70.7 Å². The van der Waals surface area contributed by atoms with Crippen molar-refractivity contribution in [2.45, 2.75) is 25.4 Å². The van der Waals surface area contributed by atoms with Gasteiger partial charge in [0.2, 0.25) is 0 Å². The van der Waals surface area contributed by atoms with E-state index in [0.717, 1.165) is 30.7 Å². The van der Waals surface area contributed by atoms with Crippen molar-refractivity contribution in [1.82, 2.24) is 14.3 Å². The van der Waals surface area contributed by atoms with Gasteiger partial charge in [-0.25, -0.2) is 0 Å². The number of methoxy groups -OCH3 is 1. The molecule has 0 amide bonds. The lowest BCUT2D eigenvalue weighted by molar-refractivity contribution is 0.399. The minimum absolute atomic E-state index is 0.0310. The molecule has 2 N–H and O–H groups in total. The first-order valence-electron chi connectivity index (χ1n) is 7.08. The van der Waals surface area contributed by atoms with Crippen LogP contribution in [0.3, 0.4) is 0 Å². The van der Waals surface area contributed by atoms with Crippen LogP contribution in [-0.4, -0.2) is 46.0 Å². The molecule has 1 fully saturated rings. The maximum Gasteiger partial charge on any atom is 0.279 e. The number of hydrogen-bond donors (Lipinski definition) is 2. The first kappa shape index (κ1) is 16.2. The van der Waals surface area contributed by atoms with Gasteiger partial charge in [0.05, 0.1) is 7.11 Å². The average Bonchev–Trinajstić information content (AvgIpc) is 2.48. The van der Waals surface area contributed by atoms with Crippen LogP contribution in [0, 0.1) is 0 Å². The Balaban J connectivity index is 1.98. The highest BCUT2D eigenvalue weighted by atomic mass is 32.2. The Hall–Kier alpha value is -1.15. The SMILES string of the molecule is COc1cccc(CN(C)S(=O)(=O)N[C@H]2CCCNC2)c1. The fraction of sp³-hybridized carbons (Fsp3) is 0.571. The normalized spacial score (nSPS) is 19.7. The number of hydrogen-bond acceptors (Lipinski definition) is 4. The van der Waals surface area contributed by atoms with E-state index >= 15 is 0 Å². The van der Waals surface area contributed by atoms with Crippen LogP contribution in [0.1, 0.15) is 18.4 Å². The van der Waals surface area contributed by atoms with Crippen LogP contribution in [0.4, 0.5) is 0 Å². The Morgan fingerprint density at radius 3 is 2.95 bits per heavy atom. The maximum atomic E-state index is 12.3.